The predicted molar refractivity (Wildman–Crippen MR) is 92.2 cm³/mol. The number of urea groups is 1. The first-order valence-corrected chi connectivity index (χ1v) is 8.42. The van der Waals surface area contributed by atoms with Gasteiger partial charge in [0, 0.05) is 18.8 Å². The minimum atomic E-state index is -0.0290. The summed E-state index contributed by atoms with van der Waals surface area (Å²) in [6, 6.07) is 5.73. The van der Waals surface area contributed by atoms with Crippen molar-refractivity contribution in [2.45, 2.75) is 27.7 Å². The summed E-state index contributed by atoms with van der Waals surface area (Å²) < 4.78 is 1.80. The Labute approximate surface area is 141 Å². The van der Waals surface area contributed by atoms with Gasteiger partial charge in [-0.25, -0.2) is 14.5 Å². The molecule has 2 amide bonds. The summed E-state index contributed by atoms with van der Waals surface area (Å²) in [6.45, 7) is 10.3. The molecule has 2 aromatic rings. The Balaban J connectivity index is 1.41. The number of nitrogens with zero attached hydrogens (tertiary/aromatic N) is 4. The number of aryl methyl sites for hydroxylation is 2. The van der Waals surface area contributed by atoms with Gasteiger partial charge in [0.05, 0.1) is 17.6 Å². The average Bonchev–Trinajstić information content (AvgIpc) is 2.93. The lowest BCUT2D eigenvalue weighted by Gasteiger charge is -2.22. The van der Waals surface area contributed by atoms with Crippen LogP contribution < -0.4 is 5.32 Å². The minimum absolute atomic E-state index is 0.0290. The Kier molecular flexibility index (Phi) is 3.20. The third kappa shape index (κ3) is 2.37. The molecule has 2 aliphatic rings. The molecule has 0 radical (unpaired) electrons. The van der Waals surface area contributed by atoms with Crippen LogP contribution in [0, 0.1) is 31.1 Å². The van der Waals surface area contributed by atoms with E-state index in [1.807, 2.05) is 36.9 Å². The molecular weight excluding hydrogens is 302 g/mol. The highest BCUT2D eigenvalue weighted by Gasteiger charge is 2.62. The normalized spacial score (nSPS) is 23.9. The Morgan fingerprint density at radius 2 is 1.96 bits per heavy atom. The molecule has 6 nitrogen and oxygen atoms in total. The number of piperidine rings is 1. The van der Waals surface area contributed by atoms with E-state index in [9.17, 15) is 4.79 Å². The number of amides is 2. The lowest BCUT2D eigenvalue weighted by molar-refractivity contribution is 0.209. The number of carbonyl (C=O) groups excluding carboxylic acids is 1. The van der Waals surface area contributed by atoms with Crippen LogP contribution in [0.1, 0.15) is 25.2 Å². The number of nitrogens with one attached hydrogen (secondary N) is 1. The van der Waals surface area contributed by atoms with Crippen LogP contribution in [0.25, 0.3) is 5.82 Å². The monoisotopic (exact) mass is 325 g/mol. The zero-order valence-corrected chi connectivity index (χ0v) is 14.6. The highest BCUT2D eigenvalue weighted by molar-refractivity contribution is 5.89. The van der Waals surface area contributed by atoms with E-state index in [1.165, 1.54) is 0 Å². The van der Waals surface area contributed by atoms with Gasteiger partial charge in [0.2, 0.25) is 0 Å². The van der Waals surface area contributed by atoms with Gasteiger partial charge in [0.25, 0.3) is 0 Å². The zero-order valence-electron chi connectivity index (χ0n) is 14.6. The molecule has 1 saturated carbocycles. The Morgan fingerprint density at radius 3 is 2.50 bits per heavy atom. The summed E-state index contributed by atoms with van der Waals surface area (Å²) >= 11 is 0. The summed E-state index contributed by atoms with van der Waals surface area (Å²) in [5.41, 5.74) is 3.13. The second-order valence-electron chi connectivity index (χ2n) is 7.61. The average molecular weight is 325 g/mol. The fourth-order valence-electron chi connectivity index (χ4n) is 3.95. The molecule has 2 aromatic heterocycles. The number of hydrogen-bond acceptors (Lipinski definition) is 3. The molecule has 4 rings (SSSR count). The van der Waals surface area contributed by atoms with Gasteiger partial charge in [0.15, 0.2) is 5.82 Å². The topological polar surface area (TPSA) is 63.1 Å². The third-order valence-corrected chi connectivity index (χ3v) is 5.64. The Bertz CT molecular complexity index is 778. The number of carbonyl (C=O) groups is 1. The van der Waals surface area contributed by atoms with Gasteiger partial charge in [-0.2, -0.15) is 5.10 Å². The first kappa shape index (κ1) is 15.2. The van der Waals surface area contributed by atoms with Crippen LogP contribution in [-0.4, -0.2) is 38.8 Å². The molecule has 1 N–H and O–H groups in total. The van der Waals surface area contributed by atoms with Crippen molar-refractivity contribution in [2.75, 3.05) is 18.4 Å². The van der Waals surface area contributed by atoms with Crippen molar-refractivity contribution >= 4 is 11.7 Å². The van der Waals surface area contributed by atoms with Crippen molar-refractivity contribution in [1.29, 1.82) is 0 Å². The van der Waals surface area contributed by atoms with E-state index < -0.39 is 0 Å². The van der Waals surface area contributed by atoms with Crippen molar-refractivity contribution in [2.24, 2.45) is 17.3 Å². The van der Waals surface area contributed by atoms with Gasteiger partial charge < -0.3 is 10.2 Å². The van der Waals surface area contributed by atoms with Crippen LogP contribution in [-0.2, 0) is 0 Å². The molecule has 1 aliphatic carbocycles. The van der Waals surface area contributed by atoms with Gasteiger partial charge in [-0.3, -0.25) is 0 Å². The lowest BCUT2D eigenvalue weighted by Crippen LogP contribution is -2.36. The molecule has 0 bridgehead atoms. The number of rotatable bonds is 2. The number of fused-ring (bicyclic) bond motifs is 1. The first-order chi connectivity index (χ1) is 11.4. The summed E-state index contributed by atoms with van der Waals surface area (Å²) in [5, 5.41) is 7.37. The van der Waals surface area contributed by atoms with Gasteiger partial charge in [-0.15, -0.1) is 0 Å². The summed E-state index contributed by atoms with van der Waals surface area (Å²) in [6.07, 6.45) is 1.68. The van der Waals surface area contributed by atoms with Gasteiger partial charge >= 0.3 is 6.03 Å². The van der Waals surface area contributed by atoms with Crippen LogP contribution in [0.5, 0.6) is 0 Å². The van der Waals surface area contributed by atoms with Crippen LogP contribution in [0.4, 0.5) is 10.5 Å². The lowest BCUT2D eigenvalue weighted by atomic mass is 10.1. The molecule has 2 atom stereocenters. The van der Waals surface area contributed by atoms with E-state index in [-0.39, 0.29) is 6.03 Å². The maximum atomic E-state index is 12.4. The number of pyridine rings is 1. The molecule has 1 saturated heterocycles. The molecule has 1 aliphatic heterocycles. The molecular formula is C18H23N5O. The third-order valence-electron chi connectivity index (χ3n) is 5.64. The van der Waals surface area contributed by atoms with Gasteiger partial charge in [-0.05, 0) is 49.3 Å². The number of anilines is 1. The molecule has 6 heteroatoms. The van der Waals surface area contributed by atoms with Crippen molar-refractivity contribution in [1.82, 2.24) is 19.7 Å². The van der Waals surface area contributed by atoms with Crippen LogP contribution in [0.2, 0.25) is 0 Å². The first-order valence-electron chi connectivity index (χ1n) is 8.42. The smallest absolute Gasteiger partial charge is 0.321 e. The van der Waals surface area contributed by atoms with Crippen molar-refractivity contribution in [3.8, 4) is 5.82 Å². The largest absolute Gasteiger partial charge is 0.324 e. The van der Waals surface area contributed by atoms with Crippen LogP contribution >= 0.6 is 0 Å². The number of aromatic nitrogens is 3. The molecule has 126 valence electrons. The molecule has 3 heterocycles. The molecule has 2 fully saturated rings. The standard InChI is InChI=1S/C18H23N5O/c1-11-7-12(2)23(21-11)16-6-5-13(8-19-16)20-17(24)22-9-14-15(10-22)18(14,3)4/h5-8,14-15H,9-10H2,1-4H3,(H,20,24)/t14-,15+. The Hall–Kier alpha value is -2.37. The van der Waals surface area contributed by atoms with E-state index >= 15 is 0 Å². The number of likely N-dealkylation sites (tertiary alicyclic amines) is 1. The van der Waals surface area contributed by atoms with Crippen molar-refractivity contribution in [3.63, 3.8) is 0 Å². The van der Waals surface area contributed by atoms with E-state index in [0.29, 0.717) is 22.9 Å². The van der Waals surface area contributed by atoms with Crippen molar-refractivity contribution in [3.05, 3.63) is 35.8 Å². The second-order valence-corrected chi connectivity index (χ2v) is 7.61. The fraction of sp³-hybridized carbons (Fsp3) is 0.500. The van der Waals surface area contributed by atoms with Crippen LogP contribution in [0.15, 0.2) is 24.4 Å². The quantitative estimate of drug-likeness (QED) is 0.923. The SMILES string of the molecule is Cc1cc(C)n(-c2ccc(NC(=O)N3C[C@@H]4[C@H](C3)C4(C)C)cn2)n1. The van der Waals surface area contributed by atoms with E-state index in [1.54, 1.807) is 10.9 Å². The van der Waals surface area contributed by atoms with E-state index in [4.69, 9.17) is 0 Å². The van der Waals surface area contributed by atoms with Gasteiger partial charge in [0.1, 0.15) is 0 Å². The van der Waals surface area contributed by atoms with Crippen molar-refractivity contribution < 1.29 is 4.79 Å². The zero-order chi connectivity index (χ0) is 17.1. The molecule has 24 heavy (non-hydrogen) atoms. The molecule has 0 aromatic carbocycles. The minimum Gasteiger partial charge on any atom is -0.324 e. The molecule has 0 spiro atoms. The summed E-state index contributed by atoms with van der Waals surface area (Å²) in [5.74, 6) is 2.08. The summed E-state index contributed by atoms with van der Waals surface area (Å²) in [4.78, 5) is 18.7. The second kappa shape index (κ2) is 5.06. The Morgan fingerprint density at radius 1 is 1.25 bits per heavy atom. The van der Waals surface area contributed by atoms with Crippen LogP contribution in [0.3, 0.4) is 0 Å². The van der Waals surface area contributed by atoms with E-state index in [0.717, 1.165) is 30.3 Å². The fourth-order valence-corrected chi connectivity index (χ4v) is 3.95. The highest BCUT2D eigenvalue weighted by atomic mass is 16.2. The molecule has 0 unspecified atom stereocenters. The summed E-state index contributed by atoms with van der Waals surface area (Å²) in [7, 11) is 0. The highest BCUT2D eigenvalue weighted by Crippen LogP contribution is 2.61. The number of hydrogen-bond donors (Lipinski definition) is 1. The predicted octanol–water partition coefficient (Wildman–Crippen LogP) is 3.00. The maximum Gasteiger partial charge on any atom is 0.321 e. The van der Waals surface area contributed by atoms with E-state index in [2.05, 4.69) is 29.2 Å². The maximum absolute atomic E-state index is 12.4. The van der Waals surface area contributed by atoms with Gasteiger partial charge in [-0.1, -0.05) is 13.8 Å².